The Balaban J connectivity index is 2.55. The Bertz CT molecular complexity index is 205. The molecule has 0 fully saturated rings. The summed E-state index contributed by atoms with van der Waals surface area (Å²) in [5.74, 6) is 0. The maximum Gasteiger partial charge on any atom is 0.192 e. The first-order chi connectivity index (χ1) is 5.83. The van der Waals surface area contributed by atoms with Gasteiger partial charge in [-0.05, 0) is 24.6 Å². The van der Waals surface area contributed by atoms with Gasteiger partial charge in [0.05, 0.1) is 6.10 Å². The molecule has 1 aliphatic heterocycles. The maximum absolute atomic E-state index is 6.15. The molecule has 0 saturated carbocycles. The van der Waals surface area contributed by atoms with Crippen molar-refractivity contribution in [2.45, 2.75) is 51.4 Å². The summed E-state index contributed by atoms with van der Waals surface area (Å²) in [4.78, 5) is 4.20. The van der Waals surface area contributed by atoms with Gasteiger partial charge in [0.25, 0.3) is 0 Å². The van der Waals surface area contributed by atoms with E-state index in [0.717, 1.165) is 13.0 Å². The number of rotatable bonds is 2. The second kappa shape index (κ2) is 3.54. The minimum Gasteiger partial charge on any atom is -0.409 e. The quantitative estimate of drug-likeness (QED) is 0.627. The van der Waals surface area contributed by atoms with E-state index in [2.05, 4.69) is 38.9 Å². The van der Waals surface area contributed by atoms with Gasteiger partial charge in [-0.3, -0.25) is 4.99 Å². The molecule has 0 bridgehead atoms. The highest BCUT2D eigenvalue weighted by atomic mass is 28.4. The molecule has 13 heavy (non-hydrogen) atoms. The second-order valence-electron chi connectivity index (χ2n) is 5.26. The van der Waals surface area contributed by atoms with E-state index in [1.54, 1.807) is 0 Å². The molecule has 1 atom stereocenters. The third-order valence-electron chi connectivity index (χ3n) is 3.07. The van der Waals surface area contributed by atoms with Crippen molar-refractivity contribution in [1.29, 1.82) is 0 Å². The summed E-state index contributed by atoms with van der Waals surface area (Å²) < 4.78 is 6.15. The average Bonchev–Trinajstić information content (AvgIpc) is 2.35. The molecule has 0 radical (unpaired) electrons. The molecule has 1 aliphatic rings. The Morgan fingerprint density at radius 3 is 2.38 bits per heavy atom. The van der Waals surface area contributed by atoms with Crippen LogP contribution in [0.4, 0.5) is 0 Å². The molecule has 3 heteroatoms. The predicted octanol–water partition coefficient (Wildman–Crippen LogP) is 2.85. The molecule has 76 valence electrons. The normalized spacial score (nSPS) is 23.9. The molecule has 0 aliphatic carbocycles. The largest absolute Gasteiger partial charge is 0.409 e. The Morgan fingerprint density at radius 1 is 1.38 bits per heavy atom. The summed E-state index contributed by atoms with van der Waals surface area (Å²) in [6, 6.07) is 0. The van der Waals surface area contributed by atoms with Crippen LogP contribution in [-0.2, 0) is 4.43 Å². The van der Waals surface area contributed by atoms with E-state index in [0.29, 0.717) is 11.1 Å². The van der Waals surface area contributed by atoms with Crippen LogP contribution in [0, 0.1) is 0 Å². The first-order valence-corrected chi connectivity index (χ1v) is 7.91. The summed E-state index contributed by atoms with van der Waals surface area (Å²) >= 11 is 0. The summed E-state index contributed by atoms with van der Waals surface area (Å²) in [6.45, 7) is 12.3. The van der Waals surface area contributed by atoms with Gasteiger partial charge in [-0.1, -0.05) is 20.8 Å². The van der Waals surface area contributed by atoms with Crippen LogP contribution < -0.4 is 0 Å². The highest BCUT2D eigenvalue weighted by Gasteiger charge is 2.39. The van der Waals surface area contributed by atoms with Gasteiger partial charge in [-0.2, -0.15) is 0 Å². The lowest BCUT2D eigenvalue weighted by Crippen LogP contribution is -2.43. The molecule has 0 saturated heterocycles. The van der Waals surface area contributed by atoms with Crippen molar-refractivity contribution in [2.24, 2.45) is 4.99 Å². The Hall–Kier alpha value is -0.153. The summed E-state index contributed by atoms with van der Waals surface area (Å²) in [5, 5.41) is 0.309. The number of hydrogen-bond donors (Lipinski definition) is 0. The molecule has 0 spiro atoms. The highest BCUT2D eigenvalue weighted by molar-refractivity contribution is 6.74. The molecule has 1 heterocycles. The van der Waals surface area contributed by atoms with Gasteiger partial charge < -0.3 is 4.43 Å². The summed E-state index contributed by atoms with van der Waals surface area (Å²) in [7, 11) is -1.56. The lowest BCUT2D eigenvalue weighted by atomic mass is 10.2. The monoisotopic (exact) mass is 199 g/mol. The molecule has 0 N–H and O–H groups in total. The molecule has 1 rings (SSSR count). The van der Waals surface area contributed by atoms with Crippen LogP contribution >= 0.6 is 0 Å². The summed E-state index contributed by atoms with van der Waals surface area (Å²) in [5.41, 5.74) is 0. The standard InChI is InChI=1S/C10H21NOSi/c1-10(2,3)13(4,5)12-9-6-7-11-8-9/h8-9H,6-7H2,1-5H3/t9-/m0/s1. The zero-order chi connectivity index (χ0) is 10.1. The van der Waals surface area contributed by atoms with Crippen molar-refractivity contribution in [2.75, 3.05) is 6.54 Å². The minimum absolute atomic E-state index is 0.292. The zero-order valence-corrected chi connectivity index (χ0v) is 10.4. The Labute approximate surface area is 82.5 Å². The van der Waals surface area contributed by atoms with E-state index in [-0.39, 0.29) is 0 Å². The van der Waals surface area contributed by atoms with Crippen LogP contribution in [0.2, 0.25) is 18.1 Å². The second-order valence-corrected chi connectivity index (χ2v) is 10.0. The smallest absolute Gasteiger partial charge is 0.192 e. The fourth-order valence-electron chi connectivity index (χ4n) is 1.11. The van der Waals surface area contributed by atoms with E-state index in [4.69, 9.17) is 4.43 Å². The third-order valence-corrected chi connectivity index (χ3v) is 7.57. The van der Waals surface area contributed by atoms with Crippen LogP contribution in [-0.4, -0.2) is 27.2 Å². The van der Waals surface area contributed by atoms with Crippen LogP contribution in [0.15, 0.2) is 4.99 Å². The highest BCUT2D eigenvalue weighted by Crippen LogP contribution is 2.37. The SMILES string of the molecule is CC(C)(C)[Si](C)(C)O[C@@H]1C=NCC1. The zero-order valence-electron chi connectivity index (χ0n) is 9.42. The van der Waals surface area contributed by atoms with Crippen molar-refractivity contribution >= 4 is 14.5 Å². The lowest BCUT2D eigenvalue weighted by molar-refractivity contribution is 0.246. The molecule has 0 aromatic heterocycles. The van der Waals surface area contributed by atoms with Crippen LogP contribution in [0.1, 0.15) is 27.2 Å². The summed E-state index contributed by atoms with van der Waals surface area (Å²) in [6.07, 6.45) is 3.34. The van der Waals surface area contributed by atoms with Crippen molar-refractivity contribution < 1.29 is 4.43 Å². The van der Waals surface area contributed by atoms with Gasteiger partial charge in [0.1, 0.15) is 0 Å². The van der Waals surface area contributed by atoms with E-state index >= 15 is 0 Å². The Kier molecular flexibility index (Phi) is 2.97. The Morgan fingerprint density at radius 2 is 2.00 bits per heavy atom. The van der Waals surface area contributed by atoms with Crippen molar-refractivity contribution in [3.8, 4) is 0 Å². The fraction of sp³-hybridized carbons (Fsp3) is 0.900. The predicted molar refractivity (Wildman–Crippen MR) is 60.0 cm³/mol. The average molecular weight is 199 g/mol. The maximum atomic E-state index is 6.15. The molecule has 0 aromatic rings. The molecular formula is C10H21NOSi. The number of aliphatic imine (C=N–C) groups is 1. The van der Waals surface area contributed by atoms with E-state index in [1.807, 2.05) is 6.21 Å². The molecule has 0 unspecified atom stereocenters. The van der Waals surface area contributed by atoms with E-state index < -0.39 is 8.32 Å². The van der Waals surface area contributed by atoms with Crippen molar-refractivity contribution in [3.05, 3.63) is 0 Å². The van der Waals surface area contributed by atoms with Crippen molar-refractivity contribution in [1.82, 2.24) is 0 Å². The molecule has 0 aromatic carbocycles. The van der Waals surface area contributed by atoms with Crippen molar-refractivity contribution in [3.63, 3.8) is 0 Å². The first kappa shape index (κ1) is 10.9. The lowest BCUT2D eigenvalue weighted by Gasteiger charge is -2.37. The van der Waals surface area contributed by atoms with Gasteiger partial charge in [-0.15, -0.1) is 0 Å². The number of nitrogens with zero attached hydrogens (tertiary/aromatic N) is 1. The topological polar surface area (TPSA) is 21.6 Å². The fourth-order valence-corrected chi connectivity index (χ4v) is 2.40. The van der Waals surface area contributed by atoms with Gasteiger partial charge in [-0.25, -0.2) is 0 Å². The van der Waals surface area contributed by atoms with Gasteiger partial charge >= 0.3 is 0 Å². The van der Waals surface area contributed by atoms with Gasteiger partial charge in [0, 0.05) is 12.8 Å². The van der Waals surface area contributed by atoms with Gasteiger partial charge in [0.15, 0.2) is 8.32 Å². The van der Waals surface area contributed by atoms with Crippen LogP contribution in [0.5, 0.6) is 0 Å². The van der Waals surface area contributed by atoms with Gasteiger partial charge in [0.2, 0.25) is 0 Å². The number of hydrogen-bond acceptors (Lipinski definition) is 2. The molecule has 2 nitrogen and oxygen atoms in total. The van der Waals surface area contributed by atoms with Crippen LogP contribution in [0.3, 0.4) is 0 Å². The van der Waals surface area contributed by atoms with E-state index in [1.165, 1.54) is 0 Å². The molecule has 0 amide bonds. The van der Waals surface area contributed by atoms with Crippen LogP contribution in [0.25, 0.3) is 0 Å². The van der Waals surface area contributed by atoms with E-state index in [9.17, 15) is 0 Å². The minimum atomic E-state index is -1.56. The first-order valence-electron chi connectivity index (χ1n) is 5.01. The molecular weight excluding hydrogens is 178 g/mol. The third kappa shape index (κ3) is 2.64.